The van der Waals surface area contributed by atoms with E-state index in [1.54, 1.807) is 6.20 Å². The standard InChI is InChI=1S/C19H18N2O3/c22-19(23-13-14-5-2-1-3-6-14)24-17-9-8-16-11-15-7-4-10-20-18(15)21(16)12-17/h1-7,10-11,17H,8-9,12-13H2. The number of pyridine rings is 1. The van der Waals surface area contributed by atoms with Crippen molar-refractivity contribution >= 4 is 17.2 Å². The molecule has 0 bridgehead atoms. The molecule has 5 nitrogen and oxygen atoms in total. The Hall–Kier alpha value is -2.82. The molecule has 0 fully saturated rings. The third-order valence-corrected chi connectivity index (χ3v) is 4.31. The Morgan fingerprint density at radius 2 is 2.08 bits per heavy atom. The van der Waals surface area contributed by atoms with Crippen LogP contribution < -0.4 is 0 Å². The molecule has 5 heteroatoms. The topological polar surface area (TPSA) is 53.4 Å². The number of aromatic nitrogens is 2. The summed E-state index contributed by atoms with van der Waals surface area (Å²) in [6, 6.07) is 15.7. The summed E-state index contributed by atoms with van der Waals surface area (Å²) >= 11 is 0. The van der Waals surface area contributed by atoms with Crippen LogP contribution in [-0.4, -0.2) is 21.8 Å². The average molecular weight is 322 g/mol. The van der Waals surface area contributed by atoms with Crippen LogP contribution in [0.5, 0.6) is 0 Å². The van der Waals surface area contributed by atoms with E-state index in [1.165, 1.54) is 5.69 Å². The number of nitrogens with zero attached hydrogens (tertiary/aromatic N) is 2. The summed E-state index contributed by atoms with van der Waals surface area (Å²) in [5, 5.41) is 1.12. The van der Waals surface area contributed by atoms with Crippen molar-refractivity contribution in [2.75, 3.05) is 0 Å². The van der Waals surface area contributed by atoms with Crippen molar-refractivity contribution in [3.63, 3.8) is 0 Å². The predicted octanol–water partition coefficient (Wildman–Crippen LogP) is 3.70. The van der Waals surface area contributed by atoms with E-state index in [9.17, 15) is 4.79 Å². The number of fused-ring (bicyclic) bond motifs is 3. The Kier molecular flexibility index (Phi) is 3.91. The van der Waals surface area contributed by atoms with Gasteiger partial charge in [-0.3, -0.25) is 0 Å². The molecule has 1 unspecified atom stereocenters. The third-order valence-electron chi connectivity index (χ3n) is 4.31. The number of ether oxygens (including phenoxy) is 2. The molecule has 3 heterocycles. The lowest BCUT2D eigenvalue weighted by Gasteiger charge is -2.24. The van der Waals surface area contributed by atoms with Gasteiger partial charge in [-0.2, -0.15) is 0 Å². The van der Waals surface area contributed by atoms with Gasteiger partial charge < -0.3 is 14.0 Å². The third kappa shape index (κ3) is 2.97. The van der Waals surface area contributed by atoms with Crippen LogP contribution in [0, 0.1) is 0 Å². The molecule has 3 aromatic rings. The van der Waals surface area contributed by atoms with Gasteiger partial charge in [0.25, 0.3) is 0 Å². The van der Waals surface area contributed by atoms with Crippen LogP contribution in [0.1, 0.15) is 17.7 Å². The number of benzene rings is 1. The maximum atomic E-state index is 11.9. The highest BCUT2D eigenvalue weighted by Gasteiger charge is 2.24. The van der Waals surface area contributed by atoms with Crippen molar-refractivity contribution in [2.45, 2.75) is 32.1 Å². The van der Waals surface area contributed by atoms with E-state index in [1.807, 2.05) is 36.4 Å². The van der Waals surface area contributed by atoms with E-state index in [-0.39, 0.29) is 12.7 Å². The van der Waals surface area contributed by atoms with Gasteiger partial charge in [-0.1, -0.05) is 30.3 Å². The van der Waals surface area contributed by atoms with Crippen LogP contribution in [0.15, 0.2) is 54.7 Å². The fourth-order valence-electron chi connectivity index (χ4n) is 3.14. The molecule has 0 N–H and O–H groups in total. The highest BCUT2D eigenvalue weighted by molar-refractivity contribution is 5.77. The SMILES string of the molecule is O=C(OCc1ccccc1)OC1CCc2cc3cccnc3n2C1. The molecule has 0 saturated carbocycles. The number of aryl methyl sites for hydroxylation is 1. The molecule has 0 saturated heterocycles. The molecule has 1 atom stereocenters. The minimum absolute atomic E-state index is 0.182. The van der Waals surface area contributed by atoms with Gasteiger partial charge in [-0.15, -0.1) is 0 Å². The minimum atomic E-state index is -0.614. The van der Waals surface area contributed by atoms with Crippen LogP contribution in [0.3, 0.4) is 0 Å². The number of carbonyl (C=O) groups excluding carboxylic acids is 1. The normalized spacial score (nSPS) is 16.6. The molecule has 1 aromatic carbocycles. The van der Waals surface area contributed by atoms with Crippen molar-refractivity contribution in [1.29, 1.82) is 0 Å². The smallest absolute Gasteiger partial charge is 0.429 e. The van der Waals surface area contributed by atoms with Crippen molar-refractivity contribution in [3.8, 4) is 0 Å². The second-order valence-electron chi connectivity index (χ2n) is 5.97. The lowest BCUT2D eigenvalue weighted by molar-refractivity contribution is 0.00766. The molecule has 4 rings (SSSR count). The molecule has 0 radical (unpaired) electrons. The minimum Gasteiger partial charge on any atom is -0.429 e. The van der Waals surface area contributed by atoms with E-state index in [0.717, 1.165) is 29.4 Å². The zero-order valence-corrected chi connectivity index (χ0v) is 13.2. The number of rotatable bonds is 3. The van der Waals surface area contributed by atoms with Crippen LogP contribution in [0.4, 0.5) is 4.79 Å². The molecule has 2 aromatic heterocycles. The molecule has 1 aliphatic rings. The van der Waals surface area contributed by atoms with E-state index < -0.39 is 6.16 Å². The second-order valence-corrected chi connectivity index (χ2v) is 5.97. The average Bonchev–Trinajstić information content (AvgIpc) is 2.99. The van der Waals surface area contributed by atoms with E-state index in [0.29, 0.717) is 6.54 Å². The first kappa shape index (κ1) is 14.8. The van der Waals surface area contributed by atoms with E-state index >= 15 is 0 Å². The van der Waals surface area contributed by atoms with E-state index in [4.69, 9.17) is 9.47 Å². The van der Waals surface area contributed by atoms with Gasteiger partial charge in [0.15, 0.2) is 0 Å². The van der Waals surface area contributed by atoms with Crippen molar-refractivity contribution in [2.24, 2.45) is 0 Å². The van der Waals surface area contributed by atoms with Gasteiger partial charge in [-0.25, -0.2) is 9.78 Å². The van der Waals surface area contributed by atoms with Crippen molar-refractivity contribution in [3.05, 3.63) is 66.0 Å². The summed E-state index contributed by atoms with van der Waals surface area (Å²) in [5.74, 6) is 0. The van der Waals surface area contributed by atoms with Gasteiger partial charge in [0, 0.05) is 17.3 Å². The molecule has 1 aliphatic heterocycles. The highest BCUT2D eigenvalue weighted by Crippen LogP contribution is 2.25. The molecular formula is C19H18N2O3. The Labute approximate surface area is 139 Å². The molecule has 0 spiro atoms. The Balaban J connectivity index is 1.39. The fourth-order valence-corrected chi connectivity index (χ4v) is 3.14. The molecule has 122 valence electrons. The maximum Gasteiger partial charge on any atom is 0.508 e. The van der Waals surface area contributed by atoms with Crippen LogP contribution in [0.25, 0.3) is 11.0 Å². The monoisotopic (exact) mass is 322 g/mol. The summed E-state index contributed by atoms with van der Waals surface area (Å²) in [6.07, 6.45) is 2.66. The number of hydrogen-bond donors (Lipinski definition) is 0. The number of carbonyl (C=O) groups is 1. The summed E-state index contributed by atoms with van der Waals surface area (Å²) in [7, 11) is 0. The molecule has 0 aliphatic carbocycles. The summed E-state index contributed by atoms with van der Waals surface area (Å²) in [4.78, 5) is 16.4. The van der Waals surface area contributed by atoms with Crippen LogP contribution in [0.2, 0.25) is 0 Å². The molecule has 0 amide bonds. The Morgan fingerprint density at radius 3 is 2.96 bits per heavy atom. The lowest BCUT2D eigenvalue weighted by atomic mass is 10.1. The quantitative estimate of drug-likeness (QED) is 0.690. The van der Waals surface area contributed by atoms with Gasteiger partial charge in [0.2, 0.25) is 0 Å². The molecule has 24 heavy (non-hydrogen) atoms. The zero-order chi connectivity index (χ0) is 16.4. The Bertz CT molecular complexity index is 857. The maximum absolute atomic E-state index is 11.9. The van der Waals surface area contributed by atoms with Crippen molar-refractivity contribution in [1.82, 2.24) is 9.55 Å². The Morgan fingerprint density at radius 1 is 1.21 bits per heavy atom. The molecular weight excluding hydrogens is 304 g/mol. The first-order chi connectivity index (χ1) is 11.8. The first-order valence-corrected chi connectivity index (χ1v) is 8.10. The largest absolute Gasteiger partial charge is 0.508 e. The van der Waals surface area contributed by atoms with Crippen LogP contribution in [-0.2, 0) is 29.0 Å². The predicted molar refractivity (Wildman–Crippen MR) is 89.6 cm³/mol. The lowest BCUT2D eigenvalue weighted by Crippen LogP contribution is -2.29. The van der Waals surface area contributed by atoms with Crippen molar-refractivity contribution < 1.29 is 14.3 Å². The summed E-state index contributed by atoms with van der Waals surface area (Å²) < 4.78 is 12.8. The number of hydrogen-bond acceptors (Lipinski definition) is 4. The second kappa shape index (κ2) is 6.35. The highest BCUT2D eigenvalue weighted by atomic mass is 16.7. The van der Waals surface area contributed by atoms with Gasteiger partial charge in [0.05, 0.1) is 6.54 Å². The fraction of sp³-hybridized carbons (Fsp3) is 0.263. The van der Waals surface area contributed by atoms with Crippen LogP contribution >= 0.6 is 0 Å². The van der Waals surface area contributed by atoms with Gasteiger partial charge in [-0.05, 0) is 36.6 Å². The summed E-state index contributed by atoms with van der Waals surface area (Å²) in [5.41, 5.74) is 3.13. The summed E-state index contributed by atoms with van der Waals surface area (Å²) in [6.45, 7) is 0.849. The zero-order valence-electron chi connectivity index (χ0n) is 13.2. The first-order valence-electron chi connectivity index (χ1n) is 8.10. The van der Waals surface area contributed by atoms with Gasteiger partial charge >= 0.3 is 6.16 Å². The van der Waals surface area contributed by atoms with Gasteiger partial charge in [0.1, 0.15) is 18.4 Å². The van der Waals surface area contributed by atoms with E-state index in [2.05, 4.69) is 21.7 Å².